The normalized spacial score (nSPS) is 18.1. The first-order chi connectivity index (χ1) is 8.01. The van der Waals surface area contributed by atoms with Crippen molar-refractivity contribution < 1.29 is 14.7 Å². The van der Waals surface area contributed by atoms with Crippen molar-refractivity contribution in [3.05, 3.63) is 0 Å². The Bertz CT molecular complexity index is 293. The van der Waals surface area contributed by atoms with E-state index in [0.717, 1.165) is 32.4 Å². The first-order valence-corrected chi connectivity index (χ1v) is 6.22. The van der Waals surface area contributed by atoms with E-state index in [1.54, 1.807) is 0 Å². The van der Waals surface area contributed by atoms with Crippen LogP contribution in [0.1, 0.15) is 33.1 Å². The number of hydrogen-bond donors (Lipinski definition) is 2. The van der Waals surface area contributed by atoms with Crippen LogP contribution >= 0.6 is 12.4 Å². The summed E-state index contributed by atoms with van der Waals surface area (Å²) in [5.41, 5.74) is 0.354. The fraction of sp³-hybridized carbons (Fsp3) is 0.833. The van der Waals surface area contributed by atoms with Crippen LogP contribution < -0.4 is 5.32 Å². The maximum atomic E-state index is 11.5. The Labute approximate surface area is 114 Å². The van der Waals surface area contributed by atoms with Gasteiger partial charge in [-0.2, -0.15) is 0 Å². The molecule has 0 aliphatic carbocycles. The number of aliphatic carboxylic acids is 1. The number of nitrogens with zero attached hydrogens (tertiary/aromatic N) is 1. The smallest absolute Gasteiger partial charge is 0.322 e. The Hall–Kier alpha value is -0.810. The Morgan fingerprint density at radius 1 is 1.33 bits per heavy atom. The summed E-state index contributed by atoms with van der Waals surface area (Å²) in [7, 11) is 0. The number of hydrogen-bond acceptors (Lipinski definition) is 3. The number of carbonyl (C=O) groups is 2. The standard InChI is InChI=1S/C12H22N2O3.ClH/c1-3-12(4-2)5-6-14(9-12)8-10(15)13-7-11(16)17;/h3-9H2,1-2H3,(H,13,15)(H,16,17);1H. The van der Waals surface area contributed by atoms with Crippen molar-refractivity contribution in [2.24, 2.45) is 5.41 Å². The van der Waals surface area contributed by atoms with Crippen molar-refractivity contribution in [3.8, 4) is 0 Å². The second-order valence-corrected chi connectivity index (χ2v) is 4.84. The third kappa shape index (κ3) is 4.82. The van der Waals surface area contributed by atoms with E-state index in [2.05, 4.69) is 24.1 Å². The van der Waals surface area contributed by atoms with Crippen LogP contribution in [0, 0.1) is 5.41 Å². The van der Waals surface area contributed by atoms with Crippen LogP contribution in [-0.4, -0.2) is 48.1 Å². The van der Waals surface area contributed by atoms with E-state index in [1.165, 1.54) is 0 Å². The molecule has 0 atom stereocenters. The van der Waals surface area contributed by atoms with Crippen LogP contribution in [0.3, 0.4) is 0 Å². The topological polar surface area (TPSA) is 69.6 Å². The van der Waals surface area contributed by atoms with Gasteiger partial charge in [-0.05, 0) is 31.2 Å². The summed E-state index contributed by atoms with van der Waals surface area (Å²) in [6, 6.07) is 0. The Kier molecular flexibility index (Phi) is 7.25. The predicted molar refractivity (Wildman–Crippen MR) is 72.0 cm³/mol. The molecule has 0 aromatic rings. The first kappa shape index (κ1) is 17.2. The van der Waals surface area contributed by atoms with Crippen LogP contribution in [0.2, 0.25) is 0 Å². The number of amides is 1. The average molecular weight is 279 g/mol. The van der Waals surface area contributed by atoms with Crippen molar-refractivity contribution in [2.75, 3.05) is 26.2 Å². The fourth-order valence-electron chi connectivity index (χ4n) is 2.42. The van der Waals surface area contributed by atoms with E-state index in [0.29, 0.717) is 12.0 Å². The van der Waals surface area contributed by atoms with E-state index in [4.69, 9.17) is 5.11 Å². The molecular formula is C12H23ClN2O3. The summed E-state index contributed by atoms with van der Waals surface area (Å²) in [6.07, 6.45) is 3.40. The number of carboxylic acid groups (broad SMARTS) is 1. The largest absolute Gasteiger partial charge is 0.480 e. The minimum Gasteiger partial charge on any atom is -0.480 e. The van der Waals surface area contributed by atoms with Crippen LogP contribution in [0.5, 0.6) is 0 Å². The van der Waals surface area contributed by atoms with E-state index in [1.807, 2.05) is 0 Å². The molecule has 0 bridgehead atoms. The van der Waals surface area contributed by atoms with Gasteiger partial charge in [-0.15, -0.1) is 12.4 Å². The summed E-state index contributed by atoms with van der Waals surface area (Å²) < 4.78 is 0. The molecule has 18 heavy (non-hydrogen) atoms. The maximum absolute atomic E-state index is 11.5. The van der Waals surface area contributed by atoms with Crippen molar-refractivity contribution in [2.45, 2.75) is 33.1 Å². The third-order valence-electron chi connectivity index (χ3n) is 3.82. The van der Waals surface area contributed by atoms with Gasteiger partial charge in [0.2, 0.25) is 5.91 Å². The van der Waals surface area contributed by atoms with Gasteiger partial charge in [0.1, 0.15) is 6.54 Å². The van der Waals surface area contributed by atoms with Gasteiger partial charge in [-0.1, -0.05) is 13.8 Å². The molecule has 0 saturated carbocycles. The van der Waals surface area contributed by atoms with E-state index < -0.39 is 5.97 Å². The van der Waals surface area contributed by atoms with E-state index in [-0.39, 0.29) is 24.9 Å². The minimum atomic E-state index is -1.00. The van der Waals surface area contributed by atoms with Gasteiger partial charge in [-0.25, -0.2) is 0 Å². The summed E-state index contributed by atoms with van der Waals surface area (Å²) in [4.78, 5) is 23.9. The molecule has 0 aromatic heterocycles. The van der Waals surface area contributed by atoms with Gasteiger partial charge in [0.15, 0.2) is 0 Å². The lowest BCUT2D eigenvalue weighted by molar-refractivity contribution is -0.138. The zero-order valence-corrected chi connectivity index (χ0v) is 11.9. The number of halogens is 1. The van der Waals surface area contributed by atoms with Crippen molar-refractivity contribution in [1.29, 1.82) is 0 Å². The van der Waals surface area contributed by atoms with Crippen molar-refractivity contribution in [1.82, 2.24) is 10.2 Å². The average Bonchev–Trinajstić information content (AvgIpc) is 2.70. The number of nitrogens with one attached hydrogen (secondary N) is 1. The molecule has 106 valence electrons. The first-order valence-electron chi connectivity index (χ1n) is 6.22. The lowest BCUT2D eigenvalue weighted by atomic mass is 9.82. The highest BCUT2D eigenvalue weighted by molar-refractivity contribution is 5.85. The van der Waals surface area contributed by atoms with Crippen molar-refractivity contribution >= 4 is 24.3 Å². The molecule has 2 N–H and O–H groups in total. The predicted octanol–water partition coefficient (Wildman–Crippen LogP) is 1.12. The molecule has 5 nitrogen and oxygen atoms in total. The highest BCUT2D eigenvalue weighted by atomic mass is 35.5. The Morgan fingerprint density at radius 2 is 1.94 bits per heavy atom. The monoisotopic (exact) mass is 278 g/mol. The molecule has 1 aliphatic rings. The highest BCUT2D eigenvalue weighted by Gasteiger charge is 2.35. The third-order valence-corrected chi connectivity index (χ3v) is 3.82. The molecule has 0 aromatic carbocycles. The Balaban J connectivity index is 0.00000289. The lowest BCUT2D eigenvalue weighted by Gasteiger charge is -2.26. The van der Waals surface area contributed by atoms with E-state index in [9.17, 15) is 9.59 Å². The van der Waals surface area contributed by atoms with Crippen LogP contribution in [-0.2, 0) is 9.59 Å². The van der Waals surface area contributed by atoms with Crippen LogP contribution in [0.4, 0.5) is 0 Å². The van der Waals surface area contributed by atoms with E-state index >= 15 is 0 Å². The van der Waals surface area contributed by atoms with Crippen LogP contribution in [0.15, 0.2) is 0 Å². The molecule has 1 heterocycles. The summed E-state index contributed by atoms with van der Waals surface area (Å²) in [5.74, 6) is -1.20. The zero-order chi connectivity index (χ0) is 12.9. The van der Waals surface area contributed by atoms with Gasteiger partial charge >= 0.3 is 5.97 Å². The molecule has 6 heteroatoms. The quantitative estimate of drug-likeness (QED) is 0.764. The molecular weight excluding hydrogens is 256 g/mol. The maximum Gasteiger partial charge on any atom is 0.322 e. The summed E-state index contributed by atoms with van der Waals surface area (Å²) in [6.45, 7) is 6.28. The summed E-state index contributed by atoms with van der Waals surface area (Å²) >= 11 is 0. The number of rotatable bonds is 6. The van der Waals surface area contributed by atoms with Crippen molar-refractivity contribution in [3.63, 3.8) is 0 Å². The number of carboxylic acids is 1. The number of likely N-dealkylation sites (tertiary alicyclic amines) is 1. The molecule has 1 fully saturated rings. The lowest BCUT2D eigenvalue weighted by Crippen LogP contribution is -2.39. The SMILES string of the molecule is CCC1(CC)CCN(CC(=O)NCC(=O)O)C1.Cl. The second-order valence-electron chi connectivity index (χ2n) is 4.84. The Morgan fingerprint density at radius 3 is 2.39 bits per heavy atom. The van der Waals surface area contributed by atoms with Gasteiger partial charge in [-0.3, -0.25) is 14.5 Å². The fourth-order valence-corrected chi connectivity index (χ4v) is 2.42. The van der Waals surface area contributed by atoms with Gasteiger partial charge in [0.25, 0.3) is 0 Å². The molecule has 1 saturated heterocycles. The van der Waals surface area contributed by atoms with Gasteiger partial charge in [0, 0.05) is 6.54 Å². The zero-order valence-electron chi connectivity index (χ0n) is 11.1. The van der Waals surface area contributed by atoms with Gasteiger partial charge < -0.3 is 10.4 Å². The highest BCUT2D eigenvalue weighted by Crippen LogP contribution is 2.36. The van der Waals surface area contributed by atoms with Gasteiger partial charge in [0.05, 0.1) is 6.54 Å². The molecule has 0 spiro atoms. The minimum absolute atomic E-state index is 0. The second kappa shape index (κ2) is 7.59. The molecule has 1 amide bonds. The molecule has 0 unspecified atom stereocenters. The molecule has 0 radical (unpaired) electrons. The summed E-state index contributed by atoms with van der Waals surface area (Å²) in [5, 5.41) is 10.8. The van der Waals surface area contributed by atoms with Crippen LogP contribution in [0.25, 0.3) is 0 Å². The molecule has 1 rings (SSSR count). The number of carbonyl (C=O) groups excluding carboxylic acids is 1. The molecule has 1 aliphatic heterocycles.